The molecule has 1 aliphatic heterocycles. The Labute approximate surface area is 193 Å². The van der Waals surface area contributed by atoms with Crippen LogP contribution in [0.1, 0.15) is 32.6 Å². The maximum absolute atomic E-state index is 13.5. The van der Waals surface area contributed by atoms with Gasteiger partial charge in [-0.1, -0.05) is 42.6 Å². The van der Waals surface area contributed by atoms with Crippen molar-refractivity contribution in [1.29, 1.82) is 0 Å². The monoisotopic (exact) mass is 475 g/mol. The van der Waals surface area contributed by atoms with Gasteiger partial charge in [-0.15, -0.1) is 0 Å². The van der Waals surface area contributed by atoms with Crippen molar-refractivity contribution in [2.75, 3.05) is 18.0 Å². The molecule has 1 aliphatic carbocycles. The van der Waals surface area contributed by atoms with Gasteiger partial charge in [-0.2, -0.15) is 4.31 Å². The summed E-state index contributed by atoms with van der Waals surface area (Å²) in [4.78, 5) is 28.4. The molecular formula is C23H26ClN3O4S. The van der Waals surface area contributed by atoms with E-state index >= 15 is 0 Å². The van der Waals surface area contributed by atoms with E-state index < -0.39 is 21.5 Å². The van der Waals surface area contributed by atoms with E-state index in [2.05, 4.69) is 5.32 Å². The Hall–Kier alpha value is -2.42. The number of hydrogen-bond acceptors (Lipinski definition) is 4. The maximum Gasteiger partial charge on any atom is 0.247 e. The molecule has 2 aromatic rings. The lowest BCUT2D eigenvalue weighted by Crippen LogP contribution is -2.70. The van der Waals surface area contributed by atoms with E-state index in [0.29, 0.717) is 10.7 Å². The molecule has 2 aromatic carbocycles. The minimum Gasteiger partial charge on any atom is -0.351 e. The van der Waals surface area contributed by atoms with Gasteiger partial charge < -0.3 is 5.32 Å². The first-order valence-corrected chi connectivity index (χ1v) is 12.5. The predicted octanol–water partition coefficient (Wildman–Crippen LogP) is 3.20. The summed E-state index contributed by atoms with van der Waals surface area (Å²) >= 11 is 6.01. The van der Waals surface area contributed by atoms with E-state index in [0.717, 1.165) is 30.0 Å². The molecule has 2 fully saturated rings. The van der Waals surface area contributed by atoms with Crippen molar-refractivity contribution in [1.82, 2.24) is 9.62 Å². The molecule has 9 heteroatoms. The van der Waals surface area contributed by atoms with Crippen molar-refractivity contribution in [3.63, 3.8) is 0 Å². The molecule has 0 radical (unpaired) electrons. The molecule has 1 saturated carbocycles. The summed E-state index contributed by atoms with van der Waals surface area (Å²) in [7, 11) is -3.95. The molecule has 170 valence electrons. The Morgan fingerprint density at radius 1 is 1.06 bits per heavy atom. The molecule has 1 N–H and O–H groups in total. The molecule has 0 aromatic heterocycles. The lowest BCUT2D eigenvalue weighted by atomic mass is 9.94. The quantitative estimate of drug-likeness (QED) is 0.719. The molecule has 0 bridgehead atoms. The Morgan fingerprint density at radius 2 is 1.69 bits per heavy atom. The van der Waals surface area contributed by atoms with E-state index in [4.69, 9.17) is 11.6 Å². The number of sulfonamides is 1. The summed E-state index contributed by atoms with van der Waals surface area (Å²) in [5.74, 6) is -0.831. The number of amides is 2. The fourth-order valence-electron chi connectivity index (χ4n) is 4.48. The largest absolute Gasteiger partial charge is 0.351 e. The minimum absolute atomic E-state index is 0.0302. The highest BCUT2D eigenvalue weighted by atomic mass is 35.5. The van der Waals surface area contributed by atoms with Gasteiger partial charge in [0.2, 0.25) is 21.8 Å². The molecule has 7 nitrogen and oxygen atoms in total. The summed E-state index contributed by atoms with van der Waals surface area (Å²) in [5.41, 5.74) is -0.923. The number of carbonyl (C=O) groups is 2. The highest BCUT2D eigenvalue weighted by Crippen LogP contribution is 2.33. The highest BCUT2D eigenvalue weighted by molar-refractivity contribution is 7.89. The van der Waals surface area contributed by atoms with E-state index in [1.165, 1.54) is 17.0 Å². The highest BCUT2D eigenvalue weighted by Gasteiger charge is 2.51. The number of nitrogens with one attached hydrogen (secondary N) is 1. The first kappa shape index (κ1) is 22.8. The minimum atomic E-state index is -3.95. The summed E-state index contributed by atoms with van der Waals surface area (Å²) in [5, 5.41) is 3.56. The smallest absolute Gasteiger partial charge is 0.247 e. The second-order valence-electron chi connectivity index (χ2n) is 8.52. The molecule has 1 saturated heterocycles. The first-order valence-electron chi connectivity index (χ1n) is 10.7. The molecule has 2 amide bonds. The van der Waals surface area contributed by atoms with Gasteiger partial charge in [0.25, 0.3) is 0 Å². The summed E-state index contributed by atoms with van der Waals surface area (Å²) in [6.07, 6.45) is 3.83. The number of rotatable bonds is 5. The van der Waals surface area contributed by atoms with Gasteiger partial charge in [0, 0.05) is 23.3 Å². The zero-order valence-electron chi connectivity index (χ0n) is 17.8. The molecular weight excluding hydrogens is 450 g/mol. The van der Waals surface area contributed by atoms with Crippen LogP contribution in [0.15, 0.2) is 59.5 Å². The second kappa shape index (κ2) is 8.84. The average molecular weight is 476 g/mol. The molecule has 2 aliphatic rings. The molecule has 0 spiro atoms. The van der Waals surface area contributed by atoms with Crippen molar-refractivity contribution in [3.05, 3.63) is 59.6 Å². The molecule has 1 atom stereocenters. The van der Waals surface area contributed by atoms with Crippen LogP contribution in [-0.2, 0) is 19.6 Å². The van der Waals surface area contributed by atoms with Crippen LogP contribution < -0.4 is 10.2 Å². The lowest BCUT2D eigenvalue weighted by Gasteiger charge is -2.47. The Balaban J connectivity index is 1.72. The SMILES string of the molecule is C[C@]1(C(=O)NC2CCCC2)CN(S(=O)(=O)c2ccccc2)CC(=O)N1c1ccc(Cl)cc1. The van der Waals surface area contributed by atoms with Crippen LogP contribution in [0.2, 0.25) is 5.02 Å². The van der Waals surface area contributed by atoms with Crippen LogP contribution in [-0.4, -0.2) is 49.2 Å². The van der Waals surface area contributed by atoms with E-state index in [1.807, 2.05) is 0 Å². The first-order chi connectivity index (χ1) is 15.2. The number of carbonyl (C=O) groups excluding carboxylic acids is 2. The number of halogens is 1. The Bertz CT molecular complexity index is 1100. The molecule has 0 unspecified atom stereocenters. The van der Waals surface area contributed by atoms with Crippen molar-refractivity contribution >= 4 is 39.1 Å². The van der Waals surface area contributed by atoms with E-state index in [9.17, 15) is 18.0 Å². The summed E-state index contributed by atoms with van der Waals surface area (Å²) in [6, 6.07) is 14.6. The van der Waals surface area contributed by atoms with E-state index in [1.54, 1.807) is 49.4 Å². The van der Waals surface area contributed by atoms with Crippen LogP contribution in [0.3, 0.4) is 0 Å². The standard InChI is InChI=1S/C23H26ClN3O4S/c1-23(22(29)25-18-7-5-6-8-18)16-26(32(30,31)20-9-3-2-4-10-20)15-21(28)27(23)19-13-11-17(24)12-14-19/h2-4,9-14,18H,5-8,15-16H2,1H3,(H,25,29)/t23-/m1/s1. The molecule has 32 heavy (non-hydrogen) atoms. The van der Waals surface area contributed by atoms with Gasteiger partial charge in [0.05, 0.1) is 11.4 Å². The normalized spacial score (nSPS) is 22.8. The van der Waals surface area contributed by atoms with Crippen LogP contribution >= 0.6 is 11.6 Å². The van der Waals surface area contributed by atoms with Gasteiger partial charge in [0.15, 0.2) is 0 Å². The Kier molecular flexibility index (Phi) is 6.29. The van der Waals surface area contributed by atoms with Gasteiger partial charge in [-0.3, -0.25) is 14.5 Å². The van der Waals surface area contributed by atoms with Crippen LogP contribution in [0.5, 0.6) is 0 Å². The number of anilines is 1. The third-order valence-corrected chi connectivity index (χ3v) is 8.24. The van der Waals surface area contributed by atoms with E-state index in [-0.39, 0.29) is 29.9 Å². The van der Waals surface area contributed by atoms with Crippen molar-refractivity contribution in [3.8, 4) is 0 Å². The van der Waals surface area contributed by atoms with Gasteiger partial charge in [-0.25, -0.2) is 8.42 Å². The van der Waals surface area contributed by atoms with Crippen molar-refractivity contribution in [2.45, 2.75) is 49.1 Å². The van der Waals surface area contributed by atoms with Crippen LogP contribution in [0.25, 0.3) is 0 Å². The molecule has 4 rings (SSSR count). The lowest BCUT2D eigenvalue weighted by molar-refractivity contribution is -0.133. The van der Waals surface area contributed by atoms with Gasteiger partial charge >= 0.3 is 0 Å². The summed E-state index contributed by atoms with van der Waals surface area (Å²) < 4.78 is 27.7. The molecule has 1 heterocycles. The number of hydrogen-bond donors (Lipinski definition) is 1. The Morgan fingerprint density at radius 3 is 2.31 bits per heavy atom. The second-order valence-corrected chi connectivity index (χ2v) is 10.9. The van der Waals surface area contributed by atoms with Crippen molar-refractivity contribution < 1.29 is 18.0 Å². The third-order valence-electron chi connectivity index (χ3n) is 6.18. The predicted molar refractivity (Wildman–Crippen MR) is 123 cm³/mol. The number of benzene rings is 2. The van der Waals surface area contributed by atoms with Crippen LogP contribution in [0, 0.1) is 0 Å². The summed E-state index contributed by atoms with van der Waals surface area (Å²) in [6.45, 7) is 1.11. The maximum atomic E-state index is 13.5. The van der Waals surface area contributed by atoms with Crippen molar-refractivity contribution in [2.24, 2.45) is 0 Å². The average Bonchev–Trinajstić information content (AvgIpc) is 3.28. The fourth-order valence-corrected chi connectivity index (χ4v) is 6.11. The topological polar surface area (TPSA) is 86.8 Å². The zero-order chi connectivity index (χ0) is 22.9. The van der Waals surface area contributed by atoms with Crippen LogP contribution in [0.4, 0.5) is 5.69 Å². The zero-order valence-corrected chi connectivity index (χ0v) is 19.4. The van der Waals surface area contributed by atoms with Gasteiger partial charge in [-0.05, 0) is 56.2 Å². The van der Waals surface area contributed by atoms with Gasteiger partial charge in [0.1, 0.15) is 5.54 Å². The number of nitrogens with zero attached hydrogens (tertiary/aromatic N) is 2. The fraction of sp³-hybridized carbons (Fsp3) is 0.391. The third kappa shape index (κ3) is 4.27. The number of piperazine rings is 1.